The molecular formula is C11H15Br2NO. The predicted octanol–water partition coefficient (Wildman–Crippen LogP) is 3.70. The lowest BCUT2D eigenvalue weighted by Gasteiger charge is -2.14. The van der Waals surface area contributed by atoms with Gasteiger partial charge in [-0.15, -0.1) is 0 Å². The Kier molecular flexibility index (Phi) is 5.09. The highest BCUT2D eigenvalue weighted by molar-refractivity contribution is 9.11. The molecule has 0 bridgehead atoms. The first-order valence-electron chi connectivity index (χ1n) is 4.92. The minimum absolute atomic E-state index is 0.301. The smallest absolute Gasteiger partial charge is 0.0709 e. The van der Waals surface area contributed by atoms with E-state index in [2.05, 4.69) is 37.2 Å². The molecule has 0 aliphatic heterocycles. The maximum absolute atomic E-state index is 9.46. The molecule has 0 fully saturated rings. The molecule has 0 saturated heterocycles. The first-order valence-corrected chi connectivity index (χ1v) is 6.50. The largest absolute Gasteiger partial charge is 0.391 e. The highest BCUT2D eigenvalue weighted by atomic mass is 79.9. The lowest BCUT2D eigenvalue weighted by Crippen LogP contribution is -2.18. The number of nitrogens with one attached hydrogen (secondary N) is 1. The molecule has 2 nitrogen and oxygen atoms in total. The molecule has 4 heteroatoms. The maximum Gasteiger partial charge on any atom is 0.0709 e. The zero-order valence-electron chi connectivity index (χ0n) is 8.85. The number of benzene rings is 1. The molecule has 0 radical (unpaired) electrons. The van der Waals surface area contributed by atoms with Gasteiger partial charge in [-0.05, 0) is 62.9 Å². The number of aliphatic hydroxyl groups excluding tert-OH is 1. The summed E-state index contributed by atoms with van der Waals surface area (Å²) in [5.74, 6) is 0. The van der Waals surface area contributed by atoms with Crippen molar-refractivity contribution in [1.29, 1.82) is 0 Å². The molecular weight excluding hydrogens is 322 g/mol. The van der Waals surface area contributed by atoms with Crippen molar-refractivity contribution in [3.63, 3.8) is 0 Å². The quantitative estimate of drug-likeness (QED) is 0.878. The summed E-state index contributed by atoms with van der Waals surface area (Å²) in [6, 6.07) is 4.09. The van der Waals surface area contributed by atoms with Crippen LogP contribution in [0.2, 0.25) is 0 Å². The second-order valence-corrected chi connectivity index (χ2v) is 5.26. The van der Waals surface area contributed by atoms with E-state index in [9.17, 15) is 5.11 Å². The van der Waals surface area contributed by atoms with Crippen molar-refractivity contribution in [2.75, 3.05) is 11.9 Å². The van der Waals surface area contributed by atoms with Gasteiger partial charge in [-0.3, -0.25) is 0 Å². The van der Waals surface area contributed by atoms with Gasteiger partial charge in [0.05, 0.1) is 11.8 Å². The lowest BCUT2D eigenvalue weighted by atomic mass is 10.2. The topological polar surface area (TPSA) is 32.3 Å². The van der Waals surface area contributed by atoms with Crippen molar-refractivity contribution < 1.29 is 5.11 Å². The summed E-state index contributed by atoms with van der Waals surface area (Å²) in [5.41, 5.74) is 2.18. The highest BCUT2D eigenvalue weighted by Crippen LogP contribution is 2.32. The van der Waals surface area contributed by atoms with Crippen LogP contribution in [-0.2, 0) is 0 Å². The minimum Gasteiger partial charge on any atom is -0.391 e. The van der Waals surface area contributed by atoms with Gasteiger partial charge < -0.3 is 10.4 Å². The third-order valence-electron chi connectivity index (χ3n) is 2.17. The molecule has 1 atom stereocenters. The summed E-state index contributed by atoms with van der Waals surface area (Å²) in [4.78, 5) is 0. The van der Waals surface area contributed by atoms with Crippen LogP contribution in [0.5, 0.6) is 0 Å². The molecule has 0 aliphatic carbocycles. The molecule has 1 unspecified atom stereocenters. The Morgan fingerprint density at radius 1 is 1.33 bits per heavy atom. The molecule has 2 N–H and O–H groups in total. The fraction of sp³-hybridized carbons (Fsp3) is 0.455. The summed E-state index contributed by atoms with van der Waals surface area (Å²) >= 11 is 6.99. The number of halogens is 2. The van der Waals surface area contributed by atoms with Gasteiger partial charge in [-0.1, -0.05) is 6.92 Å². The van der Waals surface area contributed by atoms with Gasteiger partial charge in [0, 0.05) is 15.5 Å². The monoisotopic (exact) mass is 335 g/mol. The molecule has 0 saturated carbocycles. The Morgan fingerprint density at radius 2 is 1.87 bits per heavy atom. The predicted molar refractivity (Wildman–Crippen MR) is 71.4 cm³/mol. The number of rotatable bonds is 4. The van der Waals surface area contributed by atoms with Crippen LogP contribution in [0.3, 0.4) is 0 Å². The average molecular weight is 337 g/mol. The number of aliphatic hydroxyl groups is 1. The fourth-order valence-corrected chi connectivity index (χ4v) is 2.93. The number of anilines is 1. The van der Waals surface area contributed by atoms with E-state index < -0.39 is 0 Å². The van der Waals surface area contributed by atoms with Crippen LogP contribution >= 0.6 is 31.9 Å². The molecule has 0 heterocycles. The minimum atomic E-state index is -0.301. The number of hydrogen-bond donors (Lipinski definition) is 2. The van der Waals surface area contributed by atoms with Crippen LogP contribution in [0.1, 0.15) is 18.9 Å². The summed E-state index contributed by atoms with van der Waals surface area (Å²) in [5, 5.41) is 12.7. The van der Waals surface area contributed by atoms with Crippen LogP contribution in [0, 0.1) is 6.92 Å². The second kappa shape index (κ2) is 5.87. The summed E-state index contributed by atoms with van der Waals surface area (Å²) in [6.07, 6.45) is 0.457. The van der Waals surface area contributed by atoms with E-state index in [1.54, 1.807) is 0 Å². The van der Waals surface area contributed by atoms with Crippen LogP contribution in [0.25, 0.3) is 0 Å². The van der Waals surface area contributed by atoms with Crippen LogP contribution in [-0.4, -0.2) is 17.8 Å². The van der Waals surface area contributed by atoms with Gasteiger partial charge in [0.1, 0.15) is 0 Å². The maximum atomic E-state index is 9.46. The molecule has 84 valence electrons. The first kappa shape index (κ1) is 13.0. The Labute approximate surface area is 107 Å². The van der Waals surface area contributed by atoms with Crippen molar-refractivity contribution in [1.82, 2.24) is 0 Å². The molecule has 1 aromatic carbocycles. The van der Waals surface area contributed by atoms with E-state index in [-0.39, 0.29) is 6.10 Å². The van der Waals surface area contributed by atoms with E-state index in [1.807, 2.05) is 26.0 Å². The van der Waals surface area contributed by atoms with Gasteiger partial charge in [0.2, 0.25) is 0 Å². The summed E-state index contributed by atoms with van der Waals surface area (Å²) in [7, 11) is 0. The Balaban J connectivity index is 2.77. The zero-order valence-corrected chi connectivity index (χ0v) is 12.0. The SMILES string of the molecule is CCC(O)CNc1c(Br)cc(C)cc1Br. The van der Waals surface area contributed by atoms with Crippen molar-refractivity contribution in [2.24, 2.45) is 0 Å². The van der Waals surface area contributed by atoms with Gasteiger partial charge in [-0.2, -0.15) is 0 Å². The molecule has 0 aliphatic rings. The lowest BCUT2D eigenvalue weighted by molar-refractivity contribution is 0.183. The van der Waals surface area contributed by atoms with Gasteiger partial charge >= 0.3 is 0 Å². The van der Waals surface area contributed by atoms with E-state index >= 15 is 0 Å². The Morgan fingerprint density at radius 3 is 2.33 bits per heavy atom. The molecule has 1 rings (SSSR count). The highest BCUT2D eigenvalue weighted by Gasteiger charge is 2.07. The number of aryl methyl sites for hydroxylation is 1. The third-order valence-corrected chi connectivity index (χ3v) is 3.42. The Hall–Kier alpha value is -0.0600. The van der Waals surface area contributed by atoms with Crippen LogP contribution < -0.4 is 5.32 Å². The Bertz CT molecular complexity index is 318. The normalized spacial score (nSPS) is 12.6. The van der Waals surface area contributed by atoms with Crippen LogP contribution in [0.15, 0.2) is 21.1 Å². The van der Waals surface area contributed by atoms with Gasteiger partial charge in [0.15, 0.2) is 0 Å². The van der Waals surface area contributed by atoms with Gasteiger partial charge in [0.25, 0.3) is 0 Å². The van der Waals surface area contributed by atoms with E-state index in [0.717, 1.165) is 21.1 Å². The van der Waals surface area contributed by atoms with E-state index in [4.69, 9.17) is 0 Å². The number of hydrogen-bond acceptors (Lipinski definition) is 2. The zero-order chi connectivity index (χ0) is 11.4. The molecule has 0 amide bonds. The molecule has 15 heavy (non-hydrogen) atoms. The van der Waals surface area contributed by atoms with Gasteiger partial charge in [-0.25, -0.2) is 0 Å². The summed E-state index contributed by atoms with van der Waals surface area (Å²) < 4.78 is 2.02. The molecule has 0 aromatic heterocycles. The fourth-order valence-electron chi connectivity index (χ4n) is 1.23. The standard InChI is InChI=1S/C11H15Br2NO/c1-3-8(15)6-14-11-9(12)4-7(2)5-10(11)13/h4-5,8,14-15H,3,6H2,1-2H3. The third kappa shape index (κ3) is 3.78. The first-order chi connectivity index (χ1) is 7.04. The van der Waals surface area contributed by atoms with Crippen molar-refractivity contribution >= 4 is 37.5 Å². The van der Waals surface area contributed by atoms with Crippen molar-refractivity contribution in [3.8, 4) is 0 Å². The molecule has 1 aromatic rings. The van der Waals surface area contributed by atoms with E-state index in [0.29, 0.717) is 6.54 Å². The van der Waals surface area contributed by atoms with Crippen molar-refractivity contribution in [3.05, 3.63) is 26.6 Å². The van der Waals surface area contributed by atoms with Crippen LogP contribution in [0.4, 0.5) is 5.69 Å². The second-order valence-electron chi connectivity index (χ2n) is 3.55. The van der Waals surface area contributed by atoms with E-state index in [1.165, 1.54) is 5.56 Å². The van der Waals surface area contributed by atoms with Crippen molar-refractivity contribution in [2.45, 2.75) is 26.4 Å². The summed E-state index contributed by atoms with van der Waals surface area (Å²) in [6.45, 7) is 4.57. The average Bonchev–Trinajstić information content (AvgIpc) is 2.15. The molecule has 0 spiro atoms.